The second-order valence-electron chi connectivity index (χ2n) is 5.64. The summed E-state index contributed by atoms with van der Waals surface area (Å²) in [6, 6.07) is 13.8. The highest BCUT2D eigenvalue weighted by atomic mass is 79.9. The Morgan fingerprint density at radius 1 is 1.17 bits per heavy atom. The van der Waals surface area contributed by atoms with Gasteiger partial charge in [-0.2, -0.15) is 5.26 Å². The number of nitriles is 1. The van der Waals surface area contributed by atoms with E-state index >= 15 is 0 Å². The Bertz CT molecular complexity index is 966. The predicted molar refractivity (Wildman–Crippen MR) is 111 cm³/mol. The van der Waals surface area contributed by atoms with E-state index < -0.39 is 11.9 Å². The van der Waals surface area contributed by atoms with E-state index in [-0.39, 0.29) is 12.2 Å². The molecule has 0 saturated carbocycles. The van der Waals surface area contributed by atoms with Gasteiger partial charge in [-0.15, -0.1) is 0 Å². The number of halogens is 1. The van der Waals surface area contributed by atoms with Crippen molar-refractivity contribution in [2.45, 2.75) is 6.92 Å². The van der Waals surface area contributed by atoms with Crippen molar-refractivity contribution in [3.8, 4) is 17.6 Å². The molecule has 0 aliphatic carbocycles. The zero-order valence-corrected chi connectivity index (χ0v) is 17.5. The fourth-order valence-corrected chi connectivity index (χ4v) is 2.68. The summed E-state index contributed by atoms with van der Waals surface area (Å²) in [4.78, 5) is 23.7. The molecule has 8 heteroatoms. The van der Waals surface area contributed by atoms with Crippen LogP contribution in [0.1, 0.15) is 12.5 Å². The molecule has 0 aromatic heterocycles. The Balaban J connectivity index is 2.23. The fraction of sp³-hybridized carbons (Fsp3) is 0.190. The average Bonchev–Trinajstić information content (AvgIpc) is 2.71. The van der Waals surface area contributed by atoms with E-state index in [2.05, 4.69) is 26.0 Å². The molecule has 29 heavy (non-hydrogen) atoms. The minimum atomic E-state index is -0.533. The summed E-state index contributed by atoms with van der Waals surface area (Å²) in [5.41, 5.74) is 1.06. The highest BCUT2D eigenvalue weighted by Crippen LogP contribution is 2.29. The van der Waals surface area contributed by atoms with Crippen LogP contribution in [0.25, 0.3) is 6.08 Å². The number of carbonyl (C=O) groups excluding carboxylic acids is 2. The van der Waals surface area contributed by atoms with Crippen molar-refractivity contribution in [2.24, 2.45) is 0 Å². The number of esters is 1. The first kappa shape index (κ1) is 22.0. The minimum absolute atomic E-state index is 0.0735. The number of anilines is 1. The topological polar surface area (TPSA) is 97.6 Å². The van der Waals surface area contributed by atoms with Gasteiger partial charge in [-0.05, 0) is 48.9 Å². The smallest absolute Gasteiger partial charge is 0.343 e. The van der Waals surface area contributed by atoms with E-state index in [9.17, 15) is 14.9 Å². The van der Waals surface area contributed by atoms with Crippen LogP contribution in [-0.4, -0.2) is 32.2 Å². The maximum Gasteiger partial charge on any atom is 0.343 e. The molecule has 2 aromatic carbocycles. The molecule has 0 atom stereocenters. The average molecular weight is 459 g/mol. The van der Waals surface area contributed by atoms with E-state index in [1.807, 2.05) is 12.1 Å². The number of ether oxygens (including phenoxy) is 3. The quantitative estimate of drug-likeness (QED) is 0.365. The van der Waals surface area contributed by atoms with Crippen molar-refractivity contribution in [1.29, 1.82) is 5.26 Å². The normalized spacial score (nSPS) is 10.6. The molecular weight excluding hydrogens is 440 g/mol. The van der Waals surface area contributed by atoms with E-state index in [4.69, 9.17) is 9.47 Å². The molecule has 0 heterocycles. The van der Waals surface area contributed by atoms with Crippen LogP contribution in [-0.2, 0) is 14.3 Å². The van der Waals surface area contributed by atoms with Crippen molar-refractivity contribution in [1.82, 2.24) is 0 Å². The Kier molecular flexibility index (Phi) is 8.25. The molecule has 2 rings (SSSR count). The number of benzene rings is 2. The zero-order chi connectivity index (χ0) is 21.2. The molecule has 1 N–H and O–H groups in total. The first-order valence-corrected chi connectivity index (χ1v) is 9.41. The molecule has 0 radical (unpaired) electrons. The van der Waals surface area contributed by atoms with Gasteiger partial charge < -0.3 is 19.5 Å². The second kappa shape index (κ2) is 10.9. The molecular formula is C21H19BrN2O5. The second-order valence-corrected chi connectivity index (χ2v) is 6.55. The highest BCUT2D eigenvalue weighted by molar-refractivity contribution is 9.10. The first-order chi connectivity index (χ1) is 14.0. The minimum Gasteiger partial charge on any atom is -0.490 e. The van der Waals surface area contributed by atoms with Crippen LogP contribution in [0.15, 0.2) is 52.5 Å². The largest absolute Gasteiger partial charge is 0.490 e. The number of nitrogens with one attached hydrogen (secondary N) is 1. The predicted octanol–water partition coefficient (Wildman–Crippen LogP) is 3.95. The van der Waals surface area contributed by atoms with Crippen molar-refractivity contribution >= 4 is 39.6 Å². The Hall–Kier alpha value is -3.31. The van der Waals surface area contributed by atoms with Gasteiger partial charge in [-0.25, -0.2) is 4.79 Å². The van der Waals surface area contributed by atoms with Gasteiger partial charge in [0.05, 0.1) is 13.7 Å². The molecule has 0 saturated heterocycles. The van der Waals surface area contributed by atoms with Crippen LogP contribution in [0.4, 0.5) is 5.69 Å². The molecule has 0 spiro atoms. The van der Waals surface area contributed by atoms with E-state index in [0.717, 1.165) is 4.47 Å². The summed E-state index contributed by atoms with van der Waals surface area (Å²) in [7, 11) is 1.27. The van der Waals surface area contributed by atoms with Crippen LogP contribution < -0.4 is 14.8 Å². The summed E-state index contributed by atoms with van der Waals surface area (Å²) in [6.45, 7) is 1.92. The van der Waals surface area contributed by atoms with Crippen molar-refractivity contribution in [3.05, 3.63) is 58.1 Å². The number of methoxy groups -OCH3 is 1. The highest BCUT2D eigenvalue weighted by Gasteiger charge is 2.12. The van der Waals surface area contributed by atoms with Crippen LogP contribution in [0.3, 0.4) is 0 Å². The van der Waals surface area contributed by atoms with Gasteiger partial charge in [0.25, 0.3) is 5.91 Å². The van der Waals surface area contributed by atoms with Crippen LogP contribution in [0.2, 0.25) is 0 Å². The van der Waals surface area contributed by atoms with Crippen LogP contribution >= 0.6 is 15.9 Å². The van der Waals surface area contributed by atoms with Gasteiger partial charge in [-0.3, -0.25) is 4.79 Å². The lowest BCUT2D eigenvalue weighted by atomic mass is 10.1. The Labute approximate surface area is 177 Å². The molecule has 0 aliphatic heterocycles. The first-order valence-electron chi connectivity index (χ1n) is 8.62. The van der Waals surface area contributed by atoms with Gasteiger partial charge in [0, 0.05) is 10.2 Å². The maximum absolute atomic E-state index is 12.4. The number of hydrogen-bond donors (Lipinski definition) is 1. The number of nitrogens with zero attached hydrogens (tertiary/aromatic N) is 1. The fourth-order valence-electron chi connectivity index (χ4n) is 2.28. The number of amides is 1. The van der Waals surface area contributed by atoms with E-state index in [1.165, 1.54) is 13.2 Å². The van der Waals surface area contributed by atoms with Crippen molar-refractivity contribution in [2.75, 3.05) is 25.6 Å². The number of hydrogen-bond acceptors (Lipinski definition) is 6. The van der Waals surface area contributed by atoms with E-state index in [0.29, 0.717) is 29.4 Å². The summed E-state index contributed by atoms with van der Waals surface area (Å²) in [5, 5.41) is 12.1. The lowest BCUT2D eigenvalue weighted by Gasteiger charge is -2.12. The molecule has 0 aliphatic rings. The summed E-state index contributed by atoms with van der Waals surface area (Å²) < 4.78 is 16.3. The third kappa shape index (κ3) is 6.66. The molecule has 0 unspecified atom stereocenters. The molecule has 1 amide bonds. The Morgan fingerprint density at radius 3 is 2.62 bits per heavy atom. The van der Waals surface area contributed by atoms with Gasteiger partial charge in [0.1, 0.15) is 11.6 Å². The molecule has 0 fully saturated rings. The molecule has 150 valence electrons. The van der Waals surface area contributed by atoms with Crippen LogP contribution in [0.5, 0.6) is 11.5 Å². The summed E-state index contributed by atoms with van der Waals surface area (Å²) in [6.07, 6.45) is 1.44. The van der Waals surface area contributed by atoms with Crippen LogP contribution in [0, 0.1) is 11.3 Å². The Morgan fingerprint density at radius 2 is 1.97 bits per heavy atom. The SMILES string of the molecule is CCOc1cc(/C=C(/C#N)C(=O)Nc2cccc(Br)c2)ccc1OCC(=O)OC. The standard InChI is InChI=1S/C21H19BrN2O5/c1-3-28-19-10-14(7-8-18(19)29-13-20(25)27-2)9-15(12-23)21(26)24-17-6-4-5-16(22)11-17/h4-11H,3,13H2,1-2H3,(H,24,26)/b15-9-. The number of rotatable bonds is 8. The van der Waals surface area contributed by atoms with Crippen molar-refractivity contribution in [3.63, 3.8) is 0 Å². The van der Waals surface area contributed by atoms with Gasteiger partial charge in [0.2, 0.25) is 0 Å². The molecule has 2 aromatic rings. The van der Waals surface area contributed by atoms with Gasteiger partial charge in [0.15, 0.2) is 18.1 Å². The third-order valence-corrected chi connectivity index (χ3v) is 4.09. The molecule has 0 bridgehead atoms. The summed E-state index contributed by atoms with van der Waals surface area (Å²) in [5.74, 6) is -0.316. The van der Waals surface area contributed by atoms with Gasteiger partial charge >= 0.3 is 5.97 Å². The zero-order valence-electron chi connectivity index (χ0n) is 15.9. The van der Waals surface area contributed by atoms with E-state index in [1.54, 1.807) is 43.3 Å². The monoisotopic (exact) mass is 458 g/mol. The lowest BCUT2D eigenvalue weighted by Crippen LogP contribution is -2.13. The number of carbonyl (C=O) groups is 2. The summed E-state index contributed by atoms with van der Waals surface area (Å²) >= 11 is 3.33. The lowest BCUT2D eigenvalue weighted by molar-refractivity contribution is -0.142. The van der Waals surface area contributed by atoms with Gasteiger partial charge in [-0.1, -0.05) is 28.1 Å². The third-order valence-electron chi connectivity index (χ3n) is 3.60. The van der Waals surface area contributed by atoms with Crippen molar-refractivity contribution < 1.29 is 23.8 Å². The molecule has 7 nitrogen and oxygen atoms in total. The maximum atomic E-state index is 12.4.